The van der Waals surface area contributed by atoms with Crippen LogP contribution in [0.2, 0.25) is 0 Å². The normalized spacial score (nSPS) is 16.6. The van der Waals surface area contributed by atoms with E-state index in [0.29, 0.717) is 19.3 Å². The minimum Gasteiger partial charge on any atom is -0.392 e. The number of aliphatic hydroxyl groups is 1. The molecule has 0 spiro atoms. The van der Waals surface area contributed by atoms with Gasteiger partial charge in [0.1, 0.15) is 11.6 Å². The molecule has 0 radical (unpaired) electrons. The lowest BCUT2D eigenvalue weighted by atomic mass is 9.90. The monoisotopic (exact) mass is 228 g/mol. The van der Waals surface area contributed by atoms with Gasteiger partial charge in [0.05, 0.1) is 6.10 Å². The molecule has 0 rings (SSSR count). The molecule has 0 heterocycles. The van der Waals surface area contributed by atoms with Crippen molar-refractivity contribution >= 4 is 11.6 Å². The number of ketones is 2. The second-order valence-corrected chi connectivity index (χ2v) is 4.51. The van der Waals surface area contributed by atoms with Crippen LogP contribution >= 0.6 is 0 Å². The topological polar surface area (TPSA) is 54.4 Å². The number of Topliss-reactive ketones (excluding diaryl/α,β-unsaturated/α-hetero) is 2. The fourth-order valence-electron chi connectivity index (χ4n) is 1.80. The Morgan fingerprint density at radius 3 is 2.12 bits per heavy atom. The molecule has 0 saturated carbocycles. The molecule has 94 valence electrons. The van der Waals surface area contributed by atoms with E-state index in [9.17, 15) is 14.7 Å². The Bertz CT molecular complexity index is 235. The van der Waals surface area contributed by atoms with E-state index < -0.39 is 6.10 Å². The highest BCUT2D eigenvalue weighted by molar-refractivity contribution is 5.81. The Kier molecular flexibility index (Phi) is 7.22. The van der Waals surface area contributed by atoms with E-state index >= 15 is 0 Å². The summed E-state index contributed by atoms with van der Waals surface area (Å²) < 4.78 is 0. The van der Waals surface area contributed by atoms with E-state index in [2.05, 4.69) is 0 Å². The van der Waals surface area contributed by atoms with Gasteiger partial charge >= 0.3 is 0 Å². The van der Waals surface area contributed by atoms with Crippen molar-refractivity contribution in [2.75, 3.05) is 0 Å². The molecule has 3 atom stereocenters. The molecule has 0 aromatic carbocycles. The lowest BCUT2D eigenvalue weighted by Gasteiger charge is -2.19. The largest absolute Gasteiger partial charge is 0.392 e. The number of carbonyl (C=O) groups excluding carboxylic acids is 2. The minimum absolute atomic E-state index is 0.00555. The summed E-state index contributed by atoms with van der Waals surface area (Å²) in [6.07, 6.45) is 1.57. The average Bonchev–Trinajstić information content (AvgIpc) is 2.25. The summed E-state index contributed by atoms with van der Waals surface area (Å²) >= 11 is 0. The zero-order valence-corrected chi connectivity index (χ0v) is 10.8. The van der Waals surface area contributed by atoms with Gasteiger partial charge in [0.2, 0.25) is 0 Å². The lowest BCUT2D eigenvalue weighted by molar-refractivity contribution is -0.127. The number of aliphatic hydroxyl groups excluding tert-OH is 1. The molecule has 0 aliphatic heterocycles. The fourth-order valence-corrected chi connectivity index (χ4v) is 1.80. The van der Waals surface area contributed by atoms with Crippen molar-refractivity contribution in [1.29, 1.82) is 0 Å². The average molecular weight is 228 g/mol. The molecule has 3 unspecified atom stereocenters. The van der Waals surface area contributed by atoms with E-state index in [1.165, 1.54) is 6.92 Å². The summed E-state index contributed by atoms with van der Waals surface area (Å²) in [5.41, 5.74) is 0. The Balaban J connectivity index is 4.10. The highest BCUT2D eigenvalue weighted by Crippen LogP contribution is 2.16. The zero-order valence-electron chi connectivity index (χ0n) is 10.8. The van der Waals surface area contributed by atoms with Crippen LogP contribution in [-0.4, -0.2) is 22.8 Å². The van der Waals surface area contributed by atoms with Gasteiger partial charge in [-0.05, 0) is 26.2 Å². The Hall–Kier alpha value is -0.700. The third-order valence-electron chi connectivity index (χ3n) is 3.27. The van der Waals surface area contributed by atoms with Crippen LogP contribution < -0.4 is 0 Å². The van der Waals surface area contributed by atoms with Crippen molar-refractivity contribution in [2.24, 2.45) is 11.8 Å². The third-order valence-corrected chi connectivity index (χ3v) is 3.27. The van der Waals surface area contributed by atoms with Crippen molar-refractivity contribution in [3.63, 3.8) is 0 Å². The molecule has 0 fully saturated rings. The number of hydrogen-bond acceptors (Lipinski definition) is 3. The van der Waals surface area contributed by atoms with Gasteiger partial charge in [-0.15, -0.1) is 0 Å². The van der Waals surface area contributed by atoms with Crippen molar-refractivity contribution in [2.45, 2.75) is 59.5 Å². The Labute approximate surface area is 98.2 Å². The highest BCUT2D eigenvalue weighted by Gasteiger charge is 2.23. The quantitative estimate of drug-likeness (QED) is 0.694. The van der Waals surface area contributed by atoms with Gasteiger partial charge in [0.15, 0.2) is 0 Å². The molecule has 0 amide bonds. The lowest BCUT2D eigenvalue weighted by Crippen LogP contribution is -2.27. The van der Waals surface area contributed by atoms with Crippen LogP contribution in [-0.2, 0) is 9.59 Å². The second kappa shape index (κ2) is 7.55. The van der Waals surface area contributed by atoms with E-state index in [-0.39, 0.29) is 23.4 Å². The first kappa shape index (κ1) is 15.3. The summed E-state index contributed by atoms with van der Waals surface area (Å²) in [4.78, 5) is 22.8. The number of rotatable bonds is 8. The van der Waals surface area contributed by atoms with Gasteiger partial charge in [-0.3, -0.25) is 9.59 Å². The molecule has 0 bridgehead atoms. The SMILES string of the molecule is CCC(C)C(=O)CCC(O)C(CC)C(C)=O. The van der Waals surface area contributed by atoms with E-state index in [1.807, 2.05) is 20.8 Å². The summed E-state index contributed by atoms with van der Waals surface area (Å²) in [7, 11) is 0. The molecule has 16 heavy (non-hydrogen) atoms. The fraction of sp³-hybridized carbons (Fsp3) is 0.846. The van der Waals surface area contributed by atoms with Gasteiger partial charge in [-0.2, -0.15) is 0 Å². The highest BCUT2D eigenvalue weighted by atomic mass is 16.3. The van der Waals surface area contributed by atoms with Crippen LogP contribution in [0.25, 0.3) is 0 Å². The Morgan fingerprint density at radius 2 is 1.75 bits per heavy atom. The van der Waals surface area contributed by atoms with E-state index in [0.717, 1.165) is 6.42 Å². The molecular weight excluding hydrogens is 204 g/mol. The van der Waals surface area contributed by atoms with Gasteiger partial charge in [-0.1, -0.05) is 20.8 Å². The van der Waals surface area contributed by atoms with Gasteiger partial charge < -0.3 is 5.11 Å². The van der Waals surface area contributed by atoms with Crippen LogP contribution in [0.4, 0.5) is 0 Å². The Morgan fingerprint density at radius 1 is 1.19 bits per heavy atom. The van der Waals surface area contributed by atoms with Gasteiger partial charge in [0.25, 0.3) is 0 Å². The molecule has 1 N–H and O–H groups in total. The molecule has 0 aliphatic carbocycles. The van der Waals surface area contributed by atoms with Crippen molar-refractivity contribution < 1.29 is 14.7 Å². The molecule has 0 aromatic rings. The number of hydrogen-bond donors (Lipinski definition) is 1. The molecule has 0 aromatic heterocycles. The summed E-state index contributed by atoms with van der Waals surface area (Å²) in [6.45, 7) is 7.25. The van der Waals surface area contributed by atoms with Crippen LogP contribution in [0.1, 0.15) is 53.4 Å². The third kappa shape index (κ3) is 4.88. The molecular formula is C13H24O3. The first-order chi connectivity index (χ1) is 7.43. The zero-order chi connectivity index (χ0) is 12.7. The van der Waals surface area contributed by atoms with Crippen molar-refractivity contribution in [3.8, 4) is 0 Å². The van der Waals surface area contributed by atoms with E-state index in [1.54, 1.807) is 0 Å². The maximum Gasteiger partial charge on any atom is 0.135 e. The summed E-state index contributed by atoms with van der Waals surface area (Å²) in [5.74, 6) is -0.0692. The van der Waals surface area contributed by atoms with Crippen LogP contribution in [0.3, 0.4) is 0 Å². The molecule has 0 saturated heterocycles. The standard InChI is InChI=1S/C13H24O3/c1-5-9(3)12(15)7-8-13(16)11(6-2)10(4)14/h9,11,13,16H,5-8H2,1-4H3. The maximum absolute atomic E-state index is 11.6. The summed E-state index contributed by atoms with van der Waals surface area (Å²) in [6, 6.07) is 0. The first-order valence-corrected chi connectivity index (χ1v) is 6.15. The maximum atomic E-state index is 11.6. The first-order valence-electron chi connectivity index (χ1n) is 6.15. The molecule has 0 aliphatic rings. The molecule has 3 heteroatoms. The van der Waals surface area contributed by atoms with Gasteiger partial charge in [-0.25, -0.2) is 0 Å². The predicted molar refractivity (Wildman–Crippen MR) is 64.2 cm³/mol. The summed E-state index contributed by atoms with van der Waals surface area (Å²) in [5, 5.41) is 9.81. The smallest absolute Gasteiger partial charge is 0.135 e. The van der Waals surface area contributed by atoms with Crippen molar-refractivity contribution in [1.82, 2.24) is 0 Å². The minimum atomic E-state index is -0.671. The van der Waals surface area contributed by atoms with Crippen molar-refractivity contribution in [3.05, 3.63) is 0 Å². The predicted octanol–water partition coefficient (Wildman–Crippen LogP) is 2.36. The number of carbonyl (C=O) groups is 2. The molecule has 3 nitrogen and oxygen atoms in total. The van der Waals surface area contributed by atoms with Gasteiger partial charge in [0, 0.05) is 18.3 Å². The second-order valence-electron chi connectivity index (χ2n) is 4.51. The van der Waals surface area contributed by atoms with E-state index in [4.69, 9.17) is 0 Å². The van der Waals surface area contributed by atoms with Crippen LogP contribution in [0.5, 0.6) is 0 Å². The van der Waals surface area contributed by atoms with Crippen LogP contribution in [0, 0.1) is 11.8 Å². The van der Waals surface area contributed by atoms with Crippen LogP contribution in [0.15, 0.2) is 0 Å².